The standard InChI is InChI=1S/C18H20N2O4/c1-13(21)20-16-10-14(8-9-17(16)23-2)11-19-18(22)12-24-15-6-4-3-5-7-15/h3-10H,11-12H2,1-2H3,(H,19,22)(H,20,21). The van der Waals surface area contributed by atoms with Crippen LogP contribution in [-0.4, -0.2) is 25.5 Å². The molecule has 0 heterocycles. The number of methoxy groups -OCH3 is 1. The van der Waals surface area contributed by atoms with Gasteiger partial charge in [0.1, 0.15) is 11.5 Å². The number of carbonyl (C=O) groups excluding carboxylic acids is 2. The van der Waals surface area contributed by atoms with Gasteiger partial charge in [-0.25, -0.2) is 0 Å². The summed E-state index contributed by atoms with van der Waals surface area (Å²) >= 11 is 0. The van der Waals surface area contributed by atoms with Crippen LogP contribution in [-0.2, 0) is 16.1 Å². The van der Waals surface area contributed by atoms with Gasteiger partial charge in [0.2, 0.25) is 5.91 Å². The van der Waals surface area contributed by atoms with Crippen molar-refractivity contribution in [1.29, 1.82) is 0 Å². The number of benzene rings is 2. The second kappa shape index (κ2) is 8.57. The van der Waals surface area contributed by atoms with Crippen LogP contribution >= 0.6 is 0 Å². The number of nitrogens with one attached hydrogen (secondary N) is 2. The molecule has 0 unspecified atom stereocenters. The van der Waals surface area contributed by atoms with Gasteiger partial charge >= 0.3 is 0 Å². The number of ether oxygens (including phenoxy) is 2. The molecule has 0 aliphatic heterocycles. The summed E-state index contributed by atoms with van der Waals surface area (Å²) in [5.41, 5.74) is 1.41. The fourth-order valence-corrected chi connectivity index (χ4v) is 2.07. The minimum absolute atomic E-state index is 0.0568. The molecule has 0 bridgehead atoms. The SMILES string of the molecule is COc1ccc(CNC(=O)COc2ccccc2)cc1NC(C)=O. The van der Waals surface area contributed by atoms with Crippen molar-refractivity contribution in [1.82, 2.24) is 5.32 Å². The molecule has 6 nitrogen and oxygen atoms in total. The highest BCUT2D eigenvalue weighted by Crippen LogP contribution is 2.25. The van der Waals surface area contributed by atoms with Crippen molar-refractivity contribution in [3.05, 3.63) is 54.1 Å². The maximum atomic E-state index is 11.8. The van der Waals surface area contributed by atoms with E-state index < -0.39 is 0 Å². The summed E-state index contributed by atoms with van der Waals surface area (Å²) < 4.78 is 10.6. The first kappa shape index (κ1) is 17.3. The van der Waals surface area contributed by atoms with Crippen molar-refractivity contribution >= 4 is 17.5 Å². The molecule has 0 fully saturated rings. The highest BCUT2D eigenvalue weighted by Gasteiger charge is 2.07. The lowest BCUT2D eigenvalue weighted by atomic mass is 10.2. The zero-order valence-corrected chi connectivity index (χ0v) is 13.7. The summed E-state index contributed by atoms with van der Waals surface area (Å²) in [7, 11) is 1.53. The van der Waals surface area contributed by atoms with Crippen LogP contribution in [0, 0.1) is 0 Å². The highest BCUT2D eigenvalue weighted by atomic mass is 16.5. The Morgan fingerprint density at radius 3 is 2.50 bits per heavy atom. The maximum Gasteiger partial charge on any atom is 0.258 e. The number of rotatable bonds is 7. The first-order valence-electron chi connectivity index (χ1n) is 7.47. The monoisotopic (exact) mass is 328 g/mol. The average molecular weight is 328 g/mol. The molecule has 0 spiro atoms. The van der Waals surface area contributed by atoms with Gasteiger partial charge in [-0.3, -0.25) is 9.59 Å². The molecule has 0 aliphatic rings. The minimum atomic E-state index is -0.226. The lowest BCUT2D eigenvalue weighted by molar-refractivity contribution is -0.123. The number of para-hydroxylation sites is 1. The summed E-state index contributed by atoms with van der Waals surface area (Å²) in [6.45, 7) is 1.70. The van der Waals surface area contributed by atoms with Crippen molar-refractivity contribution in [2.24, 2.45) is 0 Å². The lowest BCUT2D eigenvalue weighted by Gasteiger charge is -2.12. The third kappa shape index (κ3) is 5.31. The van der Waals surface area contributed by atoms with Crippen LogP contribution in [0.15, 0.2) is 48.5 Å². The van der Waals surface area contributed by atoms with E-state index in [-0.39, 0.29) is 18.4 Å². The molecule has 0 atom stereocenters. The molecule has 2 aromatic rings. The van der Waals surface area contributed by atoms with Gasteiger partial charge in [-0.1, -0.05) is 24.3 Å². The molecular formula is C18H20N2O4. The lowest BCUT2D eigenvalue weighted by Crippen LogP contribution is -2.28. The van der Waals surface area contributed by atoms with Gasteiger partial charge in [-0.15, -0.1) is 0 Å². The van der Waals surface area contributed by atoms with Crippen LogP contribution in [0.2, 0.25) is 0 Å². The van der Waals surface area contributed by atoms with Crippen molar-refractivity contribution in [2.75, 3.05) is 19.0 Å². The van der Waals surface area contributed by atoms with Crippen molar-refractivity contribution in [3.8, 4) is 11.5 Å². The van der Waals surface area contributed by atoms with E-state index in [2.05, 4.69) is 10.6 Å². The quantitative estimate of drug-likeness (QED) is 0.818. The van der Waals surface area contributed by atoms with E-state index >= 15 is 0 Å². The fourth-order valence-electron chi connectivity index (χ4n) is 2.07. The molecule has 126 valence electrons. The Morgan fingerprint density at radius 2 is 1.83 bits per heavy atom. The molecule has 2 rings (SSSR count). The zero-order valence-electron chi connectivity index (χ0n) is 13.7. The second-order valence-corrected chi connectivity index (χ2v) is 5.09. The van der Waals surface area contributed by atoms with Crippen molar-refractivity contribution in [2.45, 2.75) is 13.5 Å². The van der Waals surface area contributed by atoms with Gasteiger partial charge in [0.25, 0.3) is 5.91 Å². The van der Waals surface area contributed by atoms with Gasteiger partial charge in [-0.05, 0) is 29.8 Å². The summed E-state index contributed by atoms with van der Waals surface area (Å²) in [6, 6.07) is 14.5. The smallest absolute Gasteiger partial charge is 0.258 e. The van der Waals surface area contributed by atoms with E-state index in [9.17, 15) is 9.59 Å². The number of anilines is 1. The van der Waals surface area contributed by atoms with E-state index in [4.69, 9.17) is 9.47 Å². The topological polar surface area (TPSA) is 76.7 Å². The molecule has 0 saturated heterocycles. The Balaban J connectivity index is 1.89. The largest absolute Gasteiger partial charge is 0.495 e. The Labute approximate surface area is 140 Å². The number of hydrogen-bond donors (Lipinski definition) is 2. The van der Waals surface area contributed by atoms with Gasteiger partial charge in [0.15, 0.2) is 6.61 Å². The van der Waals surface area contributed by atoms with Gasteiger partial charge in [0.05, 0.1) is 12.8 Å². The molecule has 0 radical (unpaired) electrons. The van der Waals surface area contributed by atoms with Crippen LogP contribution in [0.25, 0.3) is 0 Å². The summed E-state index contributed by atoms with van der Waals surface area (Å²) in [4.78, 5) is 23.1. The van der Waals surface area contributed by atoms with Gasteiger partial charge < -0.3 is 20.1 Å². The summed E-state index contributed by atoms with van der Waals surface area (Å²) in [6.07, 6.45) is 0. The van der Waals surface area contributed by atoms with Crippen LogP contribution in [0.3, 0.4) is 0 Å². The van der Waals surface area contributed by atoms with E-state index in [1.807, 2.05) is 24.3 Å². The van der Waals surface area contributed by atoms with E-state index in [1.165, 1.54) is 14.0 Å². The molecule has 2 aromatic carbocycles. The summed E-state index contributed by atoms with van der Waals surface area (Å²) in [5.74, 6) is 0.791. The second-order valence-electron chi connectivity index (χ2n) is 5.09. The Kier molecular flexibility index (Phi) is 6.19. The van der Waals surface area contributed by atoms with Crippen LogP contribution in [0.1, 0.15) is 12.5 Å². The Morgan fingerprint density at radius 1 is 1.08 bits per heavy atom. The Bertz CT molecular complexity index is 701. The predicted octanol–water partition coefficient (Wildman–Crippen LogP) is 2.35. The normalized spacial score (nSPS) is 9.92. The first-order valence-corrected chi connectivity index (χ1v) is 7.47. The highest BCUT2D eigenvalue weighted by molar-refractivity contribution is 5.90. The fraction of sp³-hybridized carbons (Fsp3) is 0.222. The van der Waals surface area contributed by atoms with Crippen LogP contribution < -0.4 is 20.1 Å². The number of amides is 2. The van der Waals surface area contributed by atoms with Crippen molar-refractivity contribution in [3.63, 3.8) is 0 Å². The minimum Gasteiger partial charge on any atom is -0.495 e. The predicted molar refractivity (Wildman–Crippen MR) is 91.1 cm³/mol. The molecular weight excluding hydrogens is 308 g/mol. The van der Waals surface area contributed by atoms with Crippen LogP contribution in [0.4, 0.5) is 5.69 Å². The molecule has 2 N–H and O–H groups in total. The van der Waals surface area contributed by atoms with E-state index in [0.717, 1.165) is 5.56 Å². The van der Waals surface area contributed by atoms with Crippen molar-refractivity contribution < 1.29 is 19.1 Å². The Hall–Kier alpha value is -3.02. The zero-order chi connectivity index (χ0) is 17.4. The van der Waals surface area contributed by atoms with Gasteiger partial charge in [-0.2, -0.15) is 0 Å². The number of carbonyl (C=O) groups is 2. The average Bonchev–Trinajstić information content (AvgIpc) is 2.58. The van der Waals surface area contributed by atoms with Gasteiger partial charge in [0, 0.05) is 13.5 Å². The van der Waals surface area contributed by atoms with E-state index in [0.29, 0.717) is 23.7 Å². The van der Waals surface area contributed by atoms with E-state index in [1.54, 1.807) is 24.3 Å². The molecule has 0 aliphatic carbocycles. The molecule has 0 aromatic heterocycles. The molecule has 24 heavy (non-hydrogen) atoms. The maximum absolute atomic E-state index is 11.8. The molecule has 6 heteroatoms. The molecule has 2 amide bonds. The number of hydrogen-bond acceptors (Lipinski definition) is 4. The molecule has 0 saturated carbocycles. The third-order valence-electron chi connectivity index (χ3n) is 3.18. The first-order chi connectivity index (χ1) is 11.6. The third-order valence-corrected chi connectivity index (χ3v) is 3.18. The summed E-state index contributed by atoms with van der Waals surface area (Å²) in [5, 5.41) is 5.47. The van der Waals surface area contributed by atoms with Crippen LogP contribution in [0.5, 0.6) is 11.5 Å².